The number of amides is 1. The van der Waals surface area contributed by atoms with E-state index >= 15 is 0 Å². The molecule has 0 fully saturated rings. The number of pyridine rings is 1. The summed E-state index contributed by atoms with van der Waals surface area (Å²) in [6.45, 7) is 2.45. The van der Waals surface area contributed by atoms with E-state index in [1.807, 2.05) is 31.2 Å². The lowest BCUT2D eigenvalue weighted by molar-refractivity contribution is 0.0946. The van der Waals surface area contributed by atoms with Gasteiger partial charge in [0.15, 0.2) is 0 Å². The highest BCUT2D eigenvalue weighted by molar-refractivity contribution is 6.31. The van der Waals surface area contributed by atoms with Crippen LogP contribution >= 0.6 is 11.6 Å². The minimum atomic E-state index is -0.476. The maximum Gasteiger partial charge on any atom is 0.270 e. The summed E-state index contributed by atoms with van der Waals surface area (Å²) in [6, 6.07) is 15.6. The van der Waals surface area contributed by atoms with E-state index in [4.69, 9.17) is 11.6 Å². The van der Waals surface area contributed by atoms with Crippen LogP contribution in [0.2, 0.25) is 5.02 Å². The molecule has 3 rings (SSSR count). The fourth-order valence-corrected chi connectivity index (χ4v) is 2.50. The normalized spacial score (nSPS) is 10.4. The van der Waals surface area contributed by atoms with Crippen LogP contribution < -0.4 is 10.6 Å². The van der Waals surface area contributed by atoms with Gasteiger partial charge < -0.3 is 10.6 Å². The van der Waals surface area contributed by atoms with Crippen LogP contribution in [-0.2, 0) is 6.54 Å². The van der Waals surface area contributed by atoms with Gasteiger partial charge in [0.2, 0.25) is 0 Å². The van der Waals surface area contributed by atoms with Crippen LogP contribution in [-0.4, -0.2) is 10.9 Å². The lowest BCUT2D eigenvalue weighted by Crippen LogP contribution is -2.23. The van der Waals surface area contributed by atoms with E-state index in [0.29, 0.717) is 23.6 Å². The van der Waals surface area contributed by atoms with Crippen molar-refractivity contribution < 1.29 is 9.18 Å². The first kappa shape index (κ1) is 17.9. The largest absolute Gasteiger partial charge is 0.354 e. The standard InChI is InChI=1S/C20H17ClFN3O/c1-13-2-4-14(5-3-13)11-24-20(26)19-9-7-16(12-23-19)25-15-6-8-18(22)17(21)10-15/h2-10,12,25H,11H2,1H3,(H,24,26). The second-order valence-electron chi connectivity index (χ2n) is 5.85. The van der Waals surface area contributed by atoms with E-state index in [1.165, 1.54) is 23.9 Å². The zero-order chi connectivity index (χ0) is 18.5. The van der Waals surface area contributed by atoms with Gasteiger partial charge in [0, 0.05) is 12.2 Å². The number of hydrogen-bond acceptors (Lipinski definition) is 3. The van der Waals surface area contributed by atoms with Crippen LogP contribution in [0, 0.1) is 12.7 Å². The van der Waals surface area contributed by atoms with E-state index in [-0.39, 0.29) is 10.9 Å². The number of carbonyl (C=O) groups is 1. The summed E-state index contributed by atoms with van der Waals surface area (Å²) in [6.07, 6.45) is 1.54. The van der Waals surface area contributed by atoms with Crippen molar-refractivity contribution in [2.45, 2.75) is 13.5 Å². The summed E-state index contributed by atoms with van der Waals surface area (Å²) in [5, 5.41) is 5.93. The summed E-state index contributed by atoms with van der Waals surface area (Å²) in [5.74, 6) is -0.724. The van der Waals surface area contributed by atoms with E-state index in [0.717, 1.165) is 5.56 Å². The maximum absolute atomic E-state index is 13.2. The Morgan fingerprint density at radius 1 is 1.08 bits per heavy atom. The zero-order valence-corrected chi connectivity index (χ0v) is 14.8. The number of halogens is 2. The number of rotatable bonds is 5. The van der Waals surface area contributed by atoms with Crippen molar-refractivity contribution in [3.63, 3.8) is 0 Å². The van der Waals surface area contributed by atoms with Gasteiger partial charge in [-0.3, -0.25) is 4.79 Å². The number of nitrogens with one attached hydrogen (secondary N) is 2. The molecule has 0 aliphatic rings. The zero-order valence-electron chi connectivity index (χ0n) is 14.1. The molecular weight excluding hydrogens is 353 g/mol. The molecule has 2 N–H and O–H groups in total. The maximum atomic E-state index is 13.2. The average Bonchev–Trinajstić information content (AvgIpc) is 2.65. The van der Waals surface area contributed by atoms with Crippen molar-refractivity contribution >= 4 is 28.9 Å². The van der Waals surface area contributed by atoms with Crippen LogP contribution in [0.5, 0.6) is 0 Å². The molecule has 0 radical (unpaired) electrons. The Kier molecular flexibility index (Phi) is 5.49. The molecule has 0 saturated heterocycles. The van der Waals surface area contributed by atoms with Crippen LogP contribution in [0.25, 0.3) is 0 Å². The van der Waals surface area contributed by atoms with Crippen molar-refractivity contribution in [2.75, 3.05) is 5.32 Å². The summed E-state index contributed by atoms with van der Waals surface area (Å²) < 4.78 is 13.2. The summed E-state index contributed by atoms with van der Waals surface area (Å²) in [5.41, 5.74) is 3.82. The molecule has 3 aromatic rings. The fraction of sp³-hybridized carbons (Fsp3) is 0.100. The third-order valence-corrected chi connectivity index (χ3v) is 4.07. The number of carbonyl (C=O) groups excluding carboxylic acids is 1. The van der Waals surface area contributed by atoms with Crippen molar-refractivity contribution in [1.29, 1.82) is 0 Å². The van der Waals surface area contributed by atoms with E-state index in [1.54, 1.807) is 18.2 Å². The molecule has 2 aromatic carbocycles. The summed E-state index contributed by atoms with van der Waals surface area (Å²) >= 11 is 5.76. The third-order valence-electron chi connectivity index (χ3n) is 3.78. The fourth-order valence-electron chi connectivity index (χ4n) is 2.32. The van der Waals surface area contributed by atoms with Crippen LogP contribution in [0.1, 0.15) is 21.6 Å². The van der Waals surface area contributed by atoms with Crippen molar-refractivity contribution in [3.05, 3.63) is 88.5 Å². The van der Waals surface area contributed by atoms with Gasteiger partial charge in [0.1, 0.15) is 11.5 Å². The smallest absolute Gasteiger partial charge is 0.270 e. The SMILES string of the molecule is Cc1ccc(CNC(=O)c2ccc(Nc3ccc(F)c(Cl)c3)cn2)cc1. The molecule has 0 spiro atoms. The molecule has 6 heteroatoms. The monoisotopic (exact) mass is 369 g/mol. The van der Waals surface area contributed by atoms with Crippen LogP contribution in [0.3, 0.4) is 0 Å². The van der Waals surface area contributed by atoms with Gasteiger partial charge in [-0.15, -0.1) is 0 Å². The molecule has 132 valence electrons. The molecule has 0 aliphatic heterocycles. The van der Waals surface area contributed by atoms with Crippen molar-refractivity contribution in [1.82, 2.24) is 10.3 Å². The van der Waals surface area contributed by atoms with Gasteiger partial charge in [-0.25, -0.2) is 9.37 Å². The highest BCUT2D eigenvalue weighted by Crippen LogP contribution is 2.22. The number of benzene rings is 2. The predicted octanol–water partition coefficient (Wildman–Crippen LogP) is 4.86. The van der Waals surface area contributed by atoms with Crippen molar-refractivity contribution in [3.8, 4) is 0 Å². The minimum Gasteiger partial charge on any atom is -0.354 e. The summed E-state index contributed by atoms with van der Waals surface area (Å²) in [7, 11) is 0. The van der Waals surface area contributed by atoms with E-state index in [2.05, 4.69) is 15.6 Å². The molecule has 0 bridgehead atoms. The predicted molar refractivity (Wildman–Crippen MR) is 101 cm³/mol. The second kappa shape index (κ2) is 7.97. The second-order valence-corrected chi connectivity index (χ2v) is 6.26. The summed E-state index contributed by atoms with van der Waals surface area (Å²) in [4.78, 5) is 16.3. The van der Waals surface area contributed by atoms with E-state index in [9.17, 15) is 9.18 Å². The van der Waals surface area contributed by atoms with Gasteiger partial charge in [0.25, 0.3) is 5.91 Å². The van der Waals surface area contributed by atoms with Gasteiger partial charge in [-0.1, -0.05) is 41.4 Å². The van der Waals surface area contributed by atoms with Gasteiger partial charge in [0.05, 0.1) is 16.9 Å². The number of aromatic nitrogens is 1. The lowest BCUT2D eigenvalue weighted by atomic mass is 10.1. The van der Waals surface area contributed by atoms with Crippen LogP contribution in [0.4, 0.5) is 15.8 Å². The first-order valence-corrected chi connectivity index (χ1v) is 8.41. The Hall–Kier alpha value is -2.92. The lowest BCUT2D eigenvalue weighted by Gasteiger charge is -2.08. The number of aryl methyl sites for hydroxylation is 1. The van der Waals surface area contributed by atoms with Crippen molar-refractivity contribution in [2.24, 2.45) is 0 Å². The molecule has 1 aromatic heterocycles. The minimum absolute atomic E-state index is 0.0371. The topological polar surface area (TPSA) is 54.0 Å². The molecule has 0 aliphatic carbocycles. The first-order valence-electron chi connectivity index (χ1n) is 8.03. The van der Waals surface area contributed by atoms with Gasteiger partial charge >= 0.3 is 0 Å². The molecule has 26 heavy (non-hydrogen) atoms. The number of hydrogen-bond donors (Lipinski definition) is 2. The Labute approximate surface area is 156 Å². The average molecular weight is 370 g/mol. The molecule has 4 nitrogen and oxygen atoms in total. The Balaban J connectivity index is 1.60. The van der Waals surface area contributed by atoms with E-state index < -0.39 is 5.82 Å². The highest BCUT2D eigenvalue weighted by Gasteiger charge is 2.07. The van der Waals surface area contributed by atoms with Crippen LogP contribution in [0.15, 0.2) is 60.8 Å². The van der Waals surface area contributed by atoms with Gasteiger partial charge in [-0.05, 0) is 42.8 Å². The molecular formula is C20H17ClFN3O. The highest BCUT2D eigenvalue weighted by atomic mass is 35.5. The Morgan fingerprint density at radius 2 is 1.81 bits per heavy atom. The molecule has 1 heterocycles. The van der Waals surface area contributed by atoms with Gasteiger partial charge in [-0.2, -0.15) is 0 Å². The Morgan fingerprint density at radius 3 is 2.46 bits per heavy atom. The number of nitrogens with zero attached hydrogens (tertiary/aromatic N) is 1. The quantitative estimate of drug-likeness (QED) is 0.675. The molecule has 0 saturated carbocycles. The Bertz CT molecular complexity index is 911. The molecule has 0 atom stereocenters. The number of anilines is 2. The third kappa shape index (κ3) is 4.58. The molecule has 0 unspecified atom stereocenters. The molecule has 1 amide bonds. The first-order chi connectivity index (χ1) is 12.5.